The zero-order valence-corrected chi connectivity index (χ0v) is 12.7. The van der Waals surface area contributed by atoms with Crippen LogP contribution in [0.4, 0.5) is 4.79 Å². The van der Waals surface area contributed by atoms with Crippen molar-refractivity contribution in [1.82, 2.24) is 10.6 Å². The molecular weight excluding hydrogens is 280 g/mol. The summed E-state index contributed by atoms with van der Waals surface area (Å²) in [5, 5.41) is 16.5. The van der Waals surface area contributed by atoms with Crippen molar-refractivity contribution in [3.8, 4) is 5.75 Å². The van der Waals surface area contributed by atoms with E-state index >= 15 is 0 Å². The predicted octanol–water partition coefficient (Wildman–Crippen LogP) is 2.29. The number of aliphatic hydroxyl groups excluding tert-OH is 1. The van der Waals surface area contributed by atoms with Crippen LogP contribution in [-0.2, 0) is 0 Å². The summed E-state index contributed by atoms with van der Waals surface area (Å²) in [6, 6.07) is 13.6. The Labute approximate surface area is 130 Å². The van der Waals surface area contributed by atoms with E-state index in [4.69, 9.17) is 9.84 Å². The number of amides is 2. The average Bonchev–Trinajstić information content (AvgIpc) is 2.52. The number of carbonyl (C=O) groups is 1. The minimum absolute atomic E-state index is 0.0519. The molecule has 0 aliphatic heterocycles. The number of hydrogen-bond acceptors (Lipinski definition) is 3. The van der Waals surface area contributed by atoms with Gasteiger partial charge < -0.3 is 20.5 Å². The number of ether oxygens (including phenoxy) is 1. The molecule has 1 atom stereocenters. The highest BCUT2D eigenvalue weighted by Crippen LogP contribution is 2.24. The van der Waals surface area contributed by atoms with Gasteiger partial charge in [-0.2, -0.15) is 0 Å². The van der Waals surface area contributed by atoms with Gasteiger partial charge in [-0.15, -0.1) is 0 Å². The van der Waals surface area contributed by atoms with Gasteiger partial charge in [0, 0.05) is 18.0 Å². The topological polar surface area (TPSA) is 70.6 Å². The van der Waals surface area contributed by atoms with Crippen LogP contribution in [0.15, 0.2) is 42.5 Å². The fourth-order valence-corrected chi connectivity index (χ4v) is 2.19. The van der Waals surface area contributed by atoms with Crippen LogP contribution in [-0.4, -0.2) is 36.9 Å². The van der Waals surface area contributed by atoms with Crippen LogP contribution in [0.1, 0.15) is 13.3 Å². The molecule has 0 fully saturated rings. The number of aliphatic hydroxyl groups is 1. The molecular formula is C17H22N2O3. The maximum atomic E-state index is 11.6. The van der Waals surface area contributed by atoms with Crippen LogP contribution >= 0.6 is 0 Å². The van der Waals surface area contributed by atoms with Crippen LogP contribution in [0.2, 0.25) is 0 Å². The van der Waals surface area contributed by atoms with E-state index in [1.54, 1.807) is 0 Å². The lowest BCUT2D eigenvalue weighted by atomic mass is 10.1. The van der Waals surface area contributed by atoms with Gasteiger partial charge in [0.15, 0.2) is 0 Å². The molecule has 22 heavy (non-hydrogen) atoms. The van der Waals surface area contributed by atoms with Crippen molar-refractivity contribution in [2.75, 3.05) is 19.8 Å². The van der Waals surface area contributed by atoms with Crippen LogP contribution in [0.25, 0.3) is 10.8 Å². The van der Waals surface area contributed by atoms with E-state index in [2.05, 4.69) is 10.6 Å². The van der Waals surface area contributed by atoms with Crippen LogP contribution < -0.4 is 15.4 Å². The molecule has 0 radical (unpaired) electrons. The molecule has 5 nitrogen and oxygen atoms in total. The molecule has 0 saturated carbocycles. The van der Waals surface area contributed by atoms with Crippen molar-refractivity contribution in [3.63, 3.8) is 0 Å². The first-order valence-corrected chi connectivity index (χ1v) is 7.46. The highest BCUT2D eigenvalue weighted by atomic mass is 16.5. The molecule has 0 spiro atoms. The Balaban J connectivity index is 1.77. The molecule has 3 N–H and O–H groups in total. The summed E-state index contributed by atoms with van der Waals surface area (Å²) in [7, 11) is 0. The molecule has 2 rings (SSSR count). The Morgan fingerprint density at radius 1 is 1.23 bits per heavy atom. The lowest BCUT2D eigenvalue weighted by molar-refractivity contribution is 0.227. The molecule has 0 aromatic heterocycles. The van der Waals surface area contributed by atoms with E-state index in [-0.39, 0.29) is 18.7 Å². The summed E-state index contributed by atoms with van der Waals surface area (Å²) in [6.45, 7) is 2.73. The monoisotopic (exact) mass is 302 g/mol. The van der Waals surface area contributed by atoms with Crippen molar-refractivity contribution in [3.05, 3.63) is 42.5 Å². The first-order valence-electron chi connectivity index (χ1n) is 7.46. The second kappa shape index (κ2) is 8.24. The Morgan fingerprint density at radius 3 is 2.82 bits per heavy atom. The van der Waals surface area contributed by atoms with E-state index < -0.39 is 0 Å². The van der Waals surface area contributed by atoms with Gasteiger partial charge in [0.25, 0.3) is 0 Å². The zero-order valence-electron chi connectivity index (χ0n) is 12.7. The van der Waals surface area contributed by atoms with Crippen LogP contribution in [0.3, 0.4) is 0 Å². The molecule has 0 heterocycles. The summed E-state index contributed by atoms with van der Waals surface area (Å²) >= 11 is 0. The molecule has 2 amide bonds. The van der Waals surface area contributed by atoms with Crippen molar-refractivity contribution in [2.24, 2.45) is 0 Å². The normalized spacial score (nSPS) is 11.9. The zero-order chi connectivity index (χ0) is 15.8. The highest BCUT2D eigenvalue weighted by molar-refractivity contribution is 5.88. The van der Waals surface area contributed by atoms with Crippen molar-refractivity contribution in [1.29, 1.82) is 0 Å². The number of carbonyl (C=O) groups excluding carboxylic acids is 1. The third kappa shape index (κ3) is 4.63. The number of hydrogen-bond donors (Lipinski definition) is 3. The Kier molecular flexibility index (Phi) is 6.03. The van der Waals surface area contributed by atoms with Gasteiger partial charge in [0.2, 0.25) is 0 Å². The summed E-state index contributed by atoms with van der Waals surface area (Å²) in [6.07, 6.45) is 0.542. The lowest BCUT2D eigenvalue weighted by Crippen LogP contribution is -2.42. The maximum Gasteiger partial charge on any atom is 0.315 e. The van der Waals surface area contributed by atoms with Gasteiger partial charge in [0.05, 0.1) is 6.54 Å². The molecule has 2 aromatic carbocycles. The van der Waals surface area contributed by atoms with Crippen molar-refractivity contribution >= 4 is 16.8 Å². The van der Waals surface area contributed by atoms with E-state index in [0.717, 1.165) is 16.5 Å². The highest BCUT2D eigenvalue weighted by Gasteiger charge is 2.06. The Bertz CT molecular complexity index is 610. The smallest absolute Gasteiger partial charge is 0.315 e. The number of nitrogens with one attached hydrogen (secondary N) is 2. The van der Waals surface area contributed by atoms with E-state index in [1.807, 2.05) is 49.4 Å². The van der Waals surface area contributed by atoms with Gasteiger partial charge in [-0.25, -0.2) is 4.79 Å². The van der Waals surface area contributed by atoms with E-state index in [0.29, 0.717) is 19.6 Å². The molecule has 0 unspecified atom stereocenters. The fraction of sp³-hybridized carbons (Fsp3) is 0.353. The fourth-order valence-electron chi connectivity index (χ4n) is 2.19. The summed E-state index contributed by atoms with van der Waals surface area (Å²) in [4.78, 5) is 11.6. The maximum absolute atomic E-state index is 11.6. The van der Waals surface area contributed by atoms with Crippen LogP contribution in [0.5, 0.6) is 5.75 Å². The lowest BCUT2D eigenvalue weighted by Gasteiger charge is -2.14. The molecule has 0 aliphatic carbocycles. The second-order valence-electron chi connectivity index (χ2n) is 5.14. The molecule has 0 saturated heterocycles. The minimum Gasteiger partial charge on any atom is -0.491 e. The van der Waals surface area contributed by atoms with Gasteiger partial charge >= 0.3 is 6.03 Å². The minimum atomic E-state index is -0.248. The first-order chi connectivity index (χ1) is 10.7. The molecule has 118 valence electrons. The molecule has 0 aliphatic rings. The third-order valence-corrected chi connectivity index (χ3v) is 3.33. The number of urea groups is 1. The first kappa shape index (κ1) is 16.1. The number of fused-ring (bicyclic) bond motifs is 1. The Hall–Kier alpha value is -2.27. The second-order valence-corrected chi connectivity index (χ2v) is 5.14. The third-order valence-electron chi connectivity index (χ3n) is 3.33. The summed E-state index contributed by atoms with van der Waals surface area (Å²) in [5.41, 5.74) is 0. The predicted molar refractivity (Wildman–Crippen MR) is 87.1 cm³/mol. The van der Waals surface area contributed by atoms with Gasteiger partial charge in [0.1, 0.15) is 12.4 Å². The Morgan fingerprint density at radius 2 is 2.00 bits per heavy atom. The van der Waals surface area contributed by atoms with Crippen LogP contribution in [0, 0.1) is 0 Å². The molecule has 0 bridgehead atoms. The largest absolute Gasteiger partial charge is 0.491 e. The standard InChI is InChI=1S/C17H22N2O3/c1-13(9-11-20)19-17(21)18-10-12-22-16-8-4-6-14-5-2-3-7-15(14)16/h2-8,13,20H,9-12H2,1H3,(H2,18,19,21)/t13-/m1/s1. The summed E-state index contributed by atoms with van der Waals surface area (Å²) < 4.78 is 5.74. The molecule has 5 heteroatoms. The number of rotatable bonds is 7. The SMILES string of the molecule is C[C@H](CCO)NC(=O)NCCOc1cccc2ccccc12. The quantitative estimate of drug-likeness (QED) is 0.687. The van der Waals surface area contributed by atoms with Crippen molar-refractivity contribution < 1.29 is 14.6 Å². The summed E-state index contributed by atoms with van der Waals surface area (Å²) in [5.74, 6) is 0.814. The van der Waals surface area contributed by atoms with E-state index in [1.165, 1.54) is 0 Å². The van der Waals surface area contributed by atoms with E-state index in [9.17, 15) is 4.79 Å². The van der Waals surface area contributed by atoms with Crippen molar-refractivity contribution in [2.45, 2.75) is 19.4 Å². The van der Waals surface area contributed by atoms with Gasteiger partial charge in [-0.1, -0.05) is 36.4 Å². The van der Waals surface area contributed by atoms with Gasteiger partial charge in [-0.3, -0.25) is 0 Å². The van der Waals surface area contributed by atoms with Gasteiger partial charge in [-0.05, 0) is 24.8 Å². The average molecular weight is 302 g/mol. The molecule has 2 aromatic rings. The number of benzene rings is 2.